The van der Waals surface area contributed by atoms with Crippen LogP contribution in [0.15, 0.2) is 0 Å². The van der Waals surface area contributed by atoms with Crippen molar-refractivity contribution in [3.05, 3.63) is 0 Å². The van der Waals surface area contributed by atoms with Gasteiger partial charge in [-0.1, -0.05) is 13.3 Å². The van der Waals surface area contributed by atoms with Gasteiger partial charge in [-0.3, -0.25) is 4.90 Å². The molecule has 2 aliphatic heterocycles. The molecule has 0 saturated carbocycles. The van der Waals surface area contributed by atoms with Crippen molar-refractivity contribution in [3.63, 3.8) is 0 Å². The first-order valence-electron chi connectivity index (χ1n) is 6.27. The van der Waals surface area contributed by atoms with Gasteiger partial charge in [0, 0.05) is 18.6 Å². The Kier molecular flexibility index (Phi) is 3.45. The number of nitrogens with zero attached hydrogens (tertiary/aromatic N) is 1. The fourth-order valence-corrected chi connectivity index (χ4v) is 2.96. The molecule has 2 heteroatoms. The molecule has 2 aliphatic rings. The molecule has 2 fully saturated rings. The van der Waals surface area contributed by atoms with Crippen LogP contribution in [0.25, 0.3) is 0 Å². The van der Waals surface area contributed by atoms with Gasteiger partial charge in [0.15, 0.2) is 0 Å². The van der Waals surface area contributed by atoms with Crippen molar-refractivity contribution in [2.24, 2.45) is 5.92 Å². The molecule has 0 aromatic carbocycles. The second-order valence-electron chi connectivity index (χ2n) is 5.09. The van der Waals surface area contributed by atoms with Crippen molar-refractivity contribution in [1.29, 1.82) is 0 Å². The van der Waals surface area contributed by atoms with Gasteiger partial charge in [0.2, 0.25) is 0 Å². The van der Waals surface area contributed by atoms with E-state index in [0.29, 0.717) is 0 Å². The highest BCUT2D eigenvalue weighted by atomic mass is 15.2. The Labute approximate surface area is 88.1 Å². The first-order valence-corrected chi connectivity index (χ1v) is 6.27. The maximum atomic E-state index is 3.53. The highest BCUT2D eigenvalue weighted by molar-refractivity contribution is 4.86. The molecule has 0 bridgehead atoms. The lowest BCUT2D eigenvalue weighted by Crippen LogP contribution is -2.46. The lowest BCUT2D eigenvalue weighted by Gasteiger charge is -2.34. The van der Waals surface area contributed by atoms with Crippen LogP contribution in [0.1, 0.15) is 39.5 Å². The molecule has 2 rings (SSSR count). The van der Waals surface area contributed by atoms with E-state index in [1.807, 2.05) is 0 Å². The summed E-state index contributed by atoms with van der Waals surface area (Å²) in [5.74, 6) is 0.986. The topological polar surface area (TPSA) is 15.3 Å². The van der Waals surface area contributed by atoms with Gasteiger partial charge < -0.3 is 5.32 Å². The predicted octanol–water partition coefficient (Wildman–Crippen LogP) is 1.86. The van der Waals surface area contributed by atoms with Crippen LogP contribution in [-0.4, -0.2) is 36.6 Å². The van der Waals surface area contributed by atoms with E-state index >= 15 is 0 Å². The smallest absolute Gasteiger partial charge is 0.0122 e. The van der Waals surface area contributed by atoms with Crippen molar-refractivity contribution in [2.45, 2.75) is 51.6 Å². The van der Waals surface area contributed by atoms with Gasteiger partial charge >= 0.3 is 0 Å². The molecule has 2 heterocycles. The second-order valence-corrected chi connectivity index (χ2v) is 5.09. The number of rotatable bonds is 2. The van der Waals surface area contributed by atoms with E-state index in [0.717, 1.165) is 18.0 Å². The Balaban J connectivity index is 1.83. The summed E-state index contributed by atoms with van der Waals surface area (Å²) in [6, 6.07) is 1.61. The molecule has 14 heavy (non-hydrogen) atoms. The quantitative estimate of drug-likeness (QED) is 0.725. The average molecular weight is 196 g/mol. The van der Waals surface area contributed by atoms with Crippen LogP contribution in [0.3, 0.4) is 0 Å². The minimum atomic E-state index is 0.731. The molecule has 0 aromatic heterocycles. The minimum Gasteiger partial charge on any atom is -0.314 e. The van der Waals surface area contributed by atoms with Crippen LogP contribution in [0, 0.1) is 5.92 Å². The largest absolute Gasteiger partial charge is 0.314 e. The molecule has 3 atom stereocenters. The summed E-state index contributed by atoms with van der Waals surface area (Å²) in [4.78, 5) is 2.74. The van der Waals surface area contributed by atoms with Crippen molar-refractivity contribution in [2.75, 3.05) is 19.6 Å². The Morgan fingerprint density at radius 2 is 2.21 bits per heavy atom. The summed E-state index contributed by atoms with van der Waals surface area (Å²) < 4.78 is 0. The summed E-state index contributed by atoms with van der Waals surface area (Å²) in [7, 11) is 0. The van der Waals surface area contributed by atoms with Crippen molar-refractivity contribution in [1.82, 2.24) is 10.2 Å². The van der Waals surface area contributed by atoms with Crippen LogP contribution in [-0.2, 0) is 0 Å². The fraction of sp³-hybridized carbons (Fsp3) is 1.00. The van der Waals surface area contributed by atoms with Gasteiger partial charge in [-0.25, -0.2) is 0 Å². The molecule has 2 saturated heterocycles. The van der Waals surface area contributed by atoms with Crippen LogP contribution in [0.2, 0.25) is 0 Å². The number of hydrogen-bond acceptors (Lipinski definition) is 2. The van der Waals surface area contributed by atoms with Crippen molar-refractivity contribution >= 4 is 0 Å². The van der Waals surface area contributed by atoms with E-state index < -0.39 is 0 Å². The summed E-state index contributed by atoms with van der Waals surface area (Å²) in [6.07, 6.45) is 5.53. The fourth-order valence-electron chi connectivity index (χ4n) is 2.96. The molecular weight excluding hydrogens is 172 g/mol. The third kappa shape index (κ3) is 2.29. The number of likely N-dealkylation sites (tertiary alicyclic amines) is 1. The Bertz CT molecular complexity index is 181. The average Bonchev–Trinajstić information content (AvgIpc) is 2.66. The molecule has 82 valence electrons. The zero-order valence-corrected chi connectivity index (χ0v) is 9.63. The third-order valence-corrected chi connectivity index (χ3v) is 4.01. The Morgan fingerprint density at radius 3 is 2.86 bits per heavy atom. The van der Waals surface area contributed by atoms with E-state index in [1.165, 1.54) is 45.3 Å². The first kappa shape index (κ1) is 10.4. The van der Waals surface area contributed by atoms with Crippen molar-refractivity contribution in [3.8, 4) is 0 Å². The maximum Gasteiger partial charge on any atom is 0.0122 e. The van der Waals surface area contributed by atoms with Gasteiger partial charge in [0.25, 0.3) is 0 Å². The van der Waals surface area contributed by atoms with E-state index in [9.17, 15) is 0 Å². The van der Waals surface area contributed by atoms with Crippen LogP contribution < -0.4 is 5.32 Å². The Morgan fingerprint density at radius 1 is 1.36 bits per heavy atom. The normalized spacial score (nSPS) is 40.3. The van der Waals surface area contributed by atoms with Gasteiger partial charge in [0.1, 0.15) is 0 Å². The monoisotopic (exact) mass is 196 g/mol. The maximum absolute atomic E-state index is 3.53. The number of piperidine rings is 1. The predicted molar refractivity (Wildman–Crippen MR) is 60.5 cm³/mol. The molecule has 1 N–H and O–H groups in total. The van der Waals surface area contributed by atoms with Gasteiger partial charge in [-0.05, 0) is 45.2 Å². The molecule has 0 radical (unpaired) electrons. The van der Waals surface area contributed by atoms with Gasteiger partial charge in [0.05, 0.1) is 0 Å². The highest BCUT2D eigenvalue weighted by Crippen LogP contribution is 2.25. The molecule has 3 unspecified atom stereocenters. The third-order valence-electron chi connectivity index (χ3n) is 4.01. The van der Waals surface area contributed by atoms with Crippen LogP contribution in [0.4, 0.5) is 0 Å². The standard InChI is InChI=1S/C12H24N2/c1-3-11-5-7-14(9-11)12-4-6-13-10(2)8-12/h10-13H,3-9H2,1-2H3. The minimum absolute atomic E-state index is 0.731. The zero-order valence-electron chi connectivity index (χ0n) is 9.63. The second kappa shape index (κ2) is 4.63. The SMILES string of the molecule is CCC1CCN(C2CCNC(C)C2)C1. The molecule has 0 amide bonds. The van der Waals surface area contributed by atoms with Crippen LogP contribution >= 0.6 is 0 Å². The lowest BCUT2D eigenvalue weighted by atomic mass is 9.99. The van der Waals surface area contributed by atoms with Crippen molar-refractivity contribution < 1.29 is 0 Å². The van der Waals surface area contributed by atoms with E-state index in [-0.39, 0.29) is 0 Å². The van der Waals surface area contributed by atoms with Gasteiger partial charge in [-0.2, -0.15) is 0 Å². The van der Waals surface area contributed by atoms with E-state index in [2.05, 4.69) is 24.1 Å². The van der Waals surface area contributed by atoms with Crippen LogP contribution in [0.5, 0.6) is 0 Å². The summed E-state index contributed by atoms with van der Waals surface area (Å²) in [5.41, 5.74) is 0. The Hall–Kier alpha value is -0.0800. The van der Waals surface area contributed by atoms with E-state index in [4.69, 9.17) is 0 Å². The molecular formula is C12H24N2. The number of hydrogen-bond donors (Lipinski definition) is 1. The lowest BCUT2D eigenvalue weighted by molar-refractivity contribution is 0.173. The van der Waals surface area contributed by atoms with Gasteiger partial charge in [-0.15, -0.1) is 0 Å². The summed E-state index contributed by atoms with van der Waals surface area (Å²) >= 11 is 0. The molecule has 0 aromatic rings. The summed E-state index contributed by atoms with van der Waals surface area (Å²) in [5, 5.41) is 3.53. The summed E-state index contributed by atoms with van der Waals surface area (Å²) in [6.45, 7) is 8.60. The molecule has 0 aliphatic carbocycles. The molecule has 2 nitrogen and oxygen atoms in total. The molecule has 0 spiro atoms. The number of nitrogens with one attached hydrogen (secondary N) is 1. The zero-order chi connectivity index (χ0) is 9.97. The first-order chi connectivity index (χ1) is 6.79. The van der Waals surface area contributed by atoms with E-state index in [1.54, 1.807) is 0 Å². The highest BCUT2D eigenvalue weighted by Gasteiger charge is 2.29.